The summed E-state index contributed by atoms with van der Waals surface area (Å²) in [5.41, 5.74) is -0.718. The lowest BCUT2D eigenvalue weighted by Gasteiger charge is -2.11. The summed E-state index contributed by atoms with van der Waals surface area (Å²) in [7, 11) is -8.83. The number of carbonyl (C=O) groups is 3. The van der Waals surface area contributed by atoms with Crippen LogP contribution >= 0.6 is 47.1 Å². The van der Waals surface area contributed by atoms with Gasteiger partial charge in [-0.15, -0.1) is 0 Å². The van der Waals surface area contributed by atoms with Crippen LogP contribution in [0.4, 0.5) is 0 Å². The molecule has 32 heavy (non-hydrogen) atoms. The van der Waals surface area contributed by atoms with E-state index in [1.165, 1.54) is 24.3 Å². The molecule has 0 heterocycles. The summed E-state index contributed by atoms with van der Waals surface area (Å²) in [4.78, 5) is 36.3. The lowest BCUT2D eigenvalue weighted by molar-refractivity contribution is -0.117. The van der Waals surface area contributed by atoms with E-state index < -0.39 is 60.0 Å². The van der Waals surface area contributed by atoms with Crippen LogP contribution in [0, 0.1) is 0 Å². The fourth-order valence-electron chi connectivity index (χ4n) is 2.60. The van der Waals surface area contributed by atoms with Gasteiger partial charge in [-0.2, -0.15) is 0 Å². The molecule has 0 aliphatic rings. The molecule has 2 rings (SSSR count). The zero-order chi connectivity index (χ0) is 24.3. The van der Waals surface area contributed by atoms with Crippen LogP contribution in [0.1, 0.15) is 33.6 Å². The maximum absolute atomic E-state index is 12.5. The summed E-state index contributed by atoms with van der Waals surface area (Å²) in [5, 5.41) is 0. The van der Waals surface area contributed by atoms with Crippen molar-refractivity contribution in [3.63, 3.8) is 0 Å². The highest BCUT2D eigenvalue weighted by atomic mass is 35.6. The minimum absolute atomic E-state index is 0.126. The van der Waals surface area contributed by atoms with Crippen LogP contribution in [0.5, 0.6) is 0 Å². The van der Waals surface area contributed by atoms with Gasteiger partial charge in [0.2, 0.25) is 0 Å². The second-order valence-corrected chi connectivity index (χ2v) is 12.1. The zero-order valence-corrected chi connectivity index (χ0v) is 20.3. The van der Waals surface area contributed by atoms with E-state index >= 15 is 0 Å². The van der Waals surface area contributed by atoms with Crippen molar-refractivity contribution in [2.24, 2.45) is 0 Å². The Hall–Kier alpha value is -1.57. The Morgan fingerprint density at radius 2 is 0.938 bits per heavy atom. The number of nitrogens with zero attached hydrogens (tertiary/aromatic N) is 2. The highest BCUT2D eigenvalue weighted by Crippen LogP contribution is 2.26. The highest BCUT2D eigenvalue weighted by molar-refractivity contribution is 7.91. The average molecular weight is 562 g/mol. The van der Waals surface area contributed by atoms with Crippen LogP contribution in [-0.4, -0.2) is 40.9 Å². The Morgan fingerprint density at radius 1 is 0.625 bits per heavy atom. The molecular weight excluding hydrogens is 550 g/mol. The molecule has 2 aromatic rings. The monoisotopic (exact) mass is 560 g/mol. The van der Waals surface area contributed by atoms with E-state index in [0.29, 0.717) is 0 Å². The molecule has 0 bridgehead atoms. The molecule has 0 aliphatic heterocycles. The van der Waals surface area contributed by atoms with Crippen LogP contribution in [0.15, 0.2) is 58.3 Å². The van der Waals surface area contributed by atoms with Crippen LogP contribution in [-0.2, 0) is 24.8 Å². The Bertz CT molecular complexity index is 1180. The fraction of sp³-hybridized carbons (Fsp3) is 0.118. The second kappa shape index (κ2) is 10.6. The summed E-state index contributed by atoms with van der Waals surface area (Å²) in [6, 6.07) is 9.81. The topological polar surface area (TPSA) is 126 Å². The Kier molecular flexibility index (Phi) is 8.82. The maximum atomic E-state index is 12.5. The van der Waals surface area contributed by atoms with Crippen molar-refractivity contribution in [2.45, 2.75) is 22.6 Å². The largest absolute Gasteiger partial charge is 0.299 e. The van der Waals surface area contributed by atoms with E-state index in [4.69, 9.17) is 47.1 Å². The summed E-state index contributed by atoms with van der Waals surface area (Å²) in [6.07, 6.45) is -1.68. The second-order valence-electron chi connectivity index (χ2n) is 6.08. The normalized spacial score (nSPS) is 12.2. The maximum Gasteiger partial charge on any atom is 0.271 e. The van der Waals surface area contributed by atoms with Crippen molar-refractivity contribution in [1.82, 2.24) is 6.69 Å². The lowest BCUT2D eigenvalue weighted by atomic mass is 10.0. The van der Waals surface area contributed by atoms with Gasteiger partial charge >= 0.3 is 0 Å². The van der Waals surface area contributed by atoms with Gasteiger partial charge in [0.1, 0.15) is 5.78 Å². The van der Waals surface area contributed by atoms with E-state index in [0.717, 1.165) is 24.3 Å². The number of sulfonamides is 2. The van der Waals surface area contributed by atoms with Crippen molar-refractivity contribution in [1.29, 1.82) is 0 Å². The van der Waals surface area contributed by atoms with Crippen molar-refractivity contribution in [3.8, 4) is 0 Å². The Balaban J connectivity index is 2.26. The van der Waals surface area contributed by atoms with E-state index in [1.807, 2.05) is 0 Å². The SMILES string of the molecule is O=C(CC(=O)c1ccccc1S(=O)(=O)N(Cl)Cl)CC(=O)c1ccccc1S(=O)(=O)N(Cl)Cl. The average Bonchev–Trinajstić information content (AvgIpc) is 2.73. The molecule has 2 aromatic carbocycles. The first-order valence-electron chi connectivity index (χ1n) is 8.30. The molecule has 0 radical (unpaired) electrons. The zero-order valence-electron chi connectivity index (χ0n) is 15.6. The van der Waals surface area contributed by atoms with E-state index in [2.05, 4.69) is 0 Å². The van der Waals surface area contributed by atoms with E-state index in [1.54, 1.807) is 0 Å². The van der Waals surface area contributed by atoms with Crippen molar-refractivity contribution in [2.75, 3.05) is 0 Å². The predicted octanol–water partition coefficient (Wildman–Crippen LogP) is 3.70. The molecule has 0 aliphatic carbocycles. The molecule has 15 heteroatoms. The molecule has 9 nitrogen and oxygen atoms in total. The van der Waals surface area contributed by atoms with Gasteiger partial charge in [-0.25, -0.2) is 16.8 Å². The third kappa shape index (κ3) is 5.86. The number of carbonyl (C=O) groups excluding carboxylic acids is 3. The number of hydrogen-bond donors (Lipinski definition) is 0. The molecule has 0 N–H and O–H groups in total. The van der Waals surface area contributed by atoms with Crippen molar-refractivity contribution in [3.05, 3.63) is 59.7 Å². The third-order valence-electron chi connectivity index (χ3n) is 4.01. The fourth-order valence-corrected chi connectivity index (χ4v) is 5.21. The van der Waals surface area contributed by atoms with Gasteiger partial charge in [-0.3, -0.25) is 14.4 Å². The molecule has 0 atom stereocenters. The van der Waals surface area contributed by atoms with Crippen molar-refractivity contribution >= 4 is 84.5 Å². The van der Waals surface area contributed by atoms with Gasteiger partial charge in [-0.1, -0.05) is 36.4 Å². The number of halogens is 4. The summed E-state index contributed by atoms with van der Waals surface area (Å²) < 4.78 is 48.5. The van der Waals surface area contributed by atoms with Crippen molar-refractivity contribution < 1.29 is 31.2 Å². The molecule has 0 saturated heterocycles. The number of hydrogen-bond acceptors (Lipinski definition) is 7. The number of rotatable bonds is 10. The van der Waals surface area contributed by atoms with Gasteiger partial charge in [0.15, 0.2) is 11.6 Å². The van der Waals surface area contributed by atoms with E-state index in [-0.39, 0.29) is 17.8 Å². The first-order chi connectivity index (χ1) is 14.8. The van der Waals surface area contributed by atoms with Crippen LogP contribution in [0.25, 0.3) is 0 Å². The van der Waals surface area contributed by atoms with Gasteiger partial charge in [0.25, 0.3) is 20.0 Å². The van der Waals surface area contributed by atoms with Crippen LogP contribution < -0.4 is 0 Å². The summed E-state index contributed by atoms with van der Waals surface area (Å²) >= 11 is 21.3. The quantitative estimate of drug-likeness (QED) is 0.246. The van der Waals surface area contributed by atoms with Crippen LogP contribution in [0.3, 0.4) is 0 Å². The summed E-state index contributed by atoms with van der Waals surface area (Å²) in [6.45, 7) is 0. The van der Waals surface area contributed by atoms with Gasteiger partial charge in [0, 0.05) is 58.2 Å². The summed E-state index contributed by atoms with van der Waals surface area (Å²) in [5.74, 6) is -2.71. The number of benzene rings is 2. The van der Waals surface area contributed by atoms with E-state index in [9.17, 15) is 31.2 Å². The van der Waals surface area contributed by atoms with Gasteiger partial charge in [0.05, 0.1) is 22.6 Å². The Morgan fingerprint density at radius 3 is 1.25 bits per heavy atom. The third-order valence-corrected chi connectivity index (χ3v) is 8.74. The molecule has 0 spiro atoms. The molecule has 0 unspecified atom stereocenters. The number of ketones is 3. The smallest absolute Gasteiger partial charge is 0.271 e. The standard InChI is InChI=1S/C17H12Cl4N2O7S2/c18-22(19)31(27,28)16-7-3-1-5-12(16)14(25)9-11(24)10-15(26)13-6-2-4-8-17(13)32(29,30)23(20)21/h1-8H,9-10H2. The molecule has 0 saturated carbocycles. The minimum Gasteiger partial charge on any atom is -0.299 e. The molecule has 0 fully saturated rings. The molecule has 172 valence electrons. The lowest BCUT2D eigenvalue weighted by Crippen LogP contribution is -2.20. The van der Waals surface area contributed by atoms with Gasteiger partial charge in [-0.05, 0) is 18.8 Å². The predicted molar refractivity (Wildman–Crippen MR) is 117 cm³/mol. The van der Waals surface area contributed by atoms with Gasteiger partial charge < -0.3 is 0 Å². The first-order valence-corrected chi connectivity index (χ1v) is 12.5. The molecule has 0 amide bonds. The molecule has 0 aromatic heterocycles. The van der Waals surface area contributed by atoms with Crippen LogP contribution in [0.2, 0.25) is 0 Å². The number of Topliss-reactive ketones (excluding diaryl/α,β-unsaturated/α-hetero) is 3. The minimum atomic E-state index is -4.42. The highest BCUT2D eigenvalue weighted by Gasteiger charge is 2.30. The Labute approximate surface area is 203 Å². The molecular formula is C17H12Cl4N2O7S2. The first kappa shape index (κ1) is 26.7.